The molecule has 0 radical (unpaired) electrons. The van der Waals surface area contributed by atoms with Crippen LogP contribution < -0.4 is 0 Å². The van der Waals surface area contributed by atoms with E-state index in [1.54, 1.807) is 12.2 Å². The zero-order valence-corrected chi connectivity index (χ0v) is 63.9. The van der Waals surface area contributed by atoms with Crippen molar-refractivity contribution >= 4 is 39.5 Å². The van der Waals surface area contributed by atoms with E-state index in [2.05, 4.69) is 131 Å². The first-order valence-electron chi connectivity index (χ1n) is 38.1. The number of aliphatic hydroxyl groups excluding tert-OH is 1. The monoisotopic (exact) mass is 1440 g/mol. The summed E-state index contributed by atoms with van der Waals surface area (Å²) in [5, 5.41) is 10.6. The van der Waals surface area contributed by atoms with Crippen molar-refractivity contribution < 1.29 is 80.2 Å². The molecule has 5 unspecified atom stereocenters. The van der Waals surface area contributed by atoms with Crippen LogP contribution in [0.1, 0.15) is 285 Å². The largest absolute Gasteiger partial charge is 0.472 e. The maximum Gasteiger partial charge on any atom is 0.472 e. The van der Waals surface area contributed by atoms with E-state index in [0.29, 0.717) is 32.1 Å². The Morgan fingerprint density at radius 3 is 0.960 bits per heavy atom. The molecule has 19 heteroatoms. The van der Waals surface area contributed by atoms with Gasteiger partial charge in [0, 0.05) is 19.3 Å². The minimum Gasteiger partial charge on any atom is -0.462 e. The summed E-state index contributed by atoms with van der Waals surface area (Å²) in [6, 6.07) is 0. The molecule has 0 saturated carbocycles. The lowest BCUT2D eigenvalue weighted by Crippen LogP contribution is -2.30. The molecular formula is C81H134O17P2. The Morgan fingerprint density at radius 1 is 0.300 bits per heavy atom. The quantitative estimate of drug-likeness (QED) is 0.0169. The van der Waals surface area contributed by atoms with Gasteiger partial charge in [0.05, 0.1) is 32.8 Å². The van der Waals surface area contributed by atoms with Crippen LogP contribution >= 0.6 is 15.6 Å². The number of aliphatic hydroxyl groups is 1. The predicted molar refractivity (Wildman–Crippen MR) is 408 cm³/mol. The standard InChI is InChI=1S/C81H134O17P2/c1-5-9-13-17-21-25-29-33-35-36-37-38-40-43-46-50-54-58-62-66-79(84)92-72-77(98-81(86)68-64-60-56-52-48-44-39-34-30-26-22-18-14-10-6-2)74-96-100(89,90)94-70-75(82)69-93-99(87,88)95-73-76(97-80(85)67-63-59-55-51-47-42-32-28-24-20-16-12-8-4)71-91-78(83)65-61-57-53-49-45-41-31-27-23-19-15-11-7-3/h9-10,13-14,21-22,25-27,31,33-35,37-39,43,46,48,52,54,58,60,64,75-77,82H,5-8,11-12,15-20,23-24,28-30,32,36,40-42,44-45,47,49-51,53,55-57,59,61-63,65-74H2,1-4H3,(H,87,88)(H,89,90)/b13-9-,14-10-,25-21-,26-22-,31-27-,35-33-,38-37-,39-34-,46-43-,52-48-,58-54-,64-60-. The molecule has 100 heavy (non-hydrogen) atoms. The van der Waals surface area contributed by atoms with E-state index in [4.69, 9.17) is 37.0 Å². The summed E-state index contributed by atoms with van der Waals surface area (Å²) in [5.74, 6) is -2.43. The van der Waals surface area contributed by atoms with Gasteiger partial charge < -0.3 is 33.8 Å². The minimum atomic E-state index is -5.02. The number of hydrogen-bond acceptors (Lipinski definition) is 15. The second-order valence-corrected chi connectivity index (χ2v) is 27.8. The Hall–Kier alpha value is -5.06. The van der Waals surface area contributed by atoms with Crippen molar-refractivity contribution in [2.24, 2.45) is 0 Å². The van der Waals surface area contributed by atoms with E-state index in [0.717, 1.165) is 122 Å². The summed E-state index contributed by atoms with van der Waals surface area (Å²) >= 11 is 0. The number of phosphoric ester groups is 2. The van der Waals surface area contributed by atoms with Crippen LogP contribution in [-0.4, -0.2) is 96.7 Å². The van der Waals surface area contributed by atoms with E-state index < -0.39 is 97.5 Å². The predicted octanol–water partition coefficient (Wildman–Crippen LogP) is 21.9. The van der Waals surface area contributed by atoms with Crippen LogP contribution in [0.25, 0.3) is 0 Å². The van der Waals surface area contributed by atoms with Gasteiger partial charge in [-0.3, -0.25) is 37.3 Å². The zero-order valence-electron chi connectivity index (χ0n) is 62.1. The highest BCUT2D eigenvalue weighted by molar-refractivity contribution is 7.47. The van der Waals surface area contributed by atoms with Gasteiger partial charge in [0.25, 0.3) is 0 Å². The summed E-state index contributed by atoms with van der Waals surface area (Å²) in [6.07, 6.45) is 81.8. The van der Waals surface area contributed by atoms with Gasteiger partial charge in [0.2, 0.25) is 0 Å². The number of esters is 4. The third-order valence-corrected chi connectivity index (χ3v) is 17.2. The fourth-order valence-electron chi connectivity index (χ4n) is 9.61. The summed E-state index contributed by atoms with van der Waals surface area (Å²) < 4.78 is 68.2. The fraction of sp³-hybridized carbons (Fsp3) is 0.654. The smallest absolute Gasteiger partial charge is 0.462 e. The zero-order chi connectivity index (χ0) is 73.2. The van der Waals surface area contributed by atoms with E-state index in [9.17, 15) is 43.2 Å². The molecule has 0 spiro atoms. The molecule has 0 aliphatic carbocycles. The number of unbranched alkanes of at least 4 members (excludes halogenated alkanes) is 21. The Balaban J connectivity index is 5.49. The number of hydrogen-bond donors (Lipinski definition) is 3. The first kappa shape index (κ1) is 94.9. The summed E-state index contributed by atoms with van der Waals surface area (Å²) in [6.45, 7) is 4.41. The molecule has 0 aromatic rings. The molecular weight excluding hydrogens is 1310 g/mol. The highest BCUT2D eigenvalue weighted by Gasteiger charge is 2.30. The first-order chi connectivity index (χ1) is 48.7. The number of ether oxygens (including phenoxy) is 4. The lowest BCUT2D eigenvalue weighted by atomic mass is 10.0. The molecule has 0 aliphatic heterocycles. The van der Waals surface area contributed by atoms with Crippen LogP contribution in [-0.2, 0) is 65.4 Å². The van der Waals surface area contributed by atoms with E-state index in [-0.39, 0.29) is 25.7 Å². The minimum absolute atomic E-state index is 0.0124. The topological polar surface area (TPSA) is 237 Å². The van der Waals surface area contributed by atoms with Crippen molar-refractivity contribution in [3.05, 3.63) is 146 Å². The van der Waals surface area contributed by atoms with E-state index in [1.165, 1.54) is 77.0 Å². The van der Waals surface area contributed by atoms with Gasteiger partial charge >= 0.3 is 39.5 Å². The summed E-state index contributed by atoms with van der Waals surface area (Å²) in [5.41, 5.74) is 0. The van der Waals surface area contributed by atoms with Crippen molar-refractivity contribution in [1.29, 1.82) is 0 Å². The molecule has 0 aliphatic rings. The second kappa shape index (κ2) is 72.3. The van der Waals surface area contributed by atoms with Crippen molar-refractivity contribution in [3.63, 3.8) is 0 Å². The maximum absolute atomic E-state index is 13.1. The molecule has 0 aromatic carbocycles. The van der Waals surface area contributed by atoms with E-state index >= 15 is 0 Å². The van der Waals surface area contributed by atoms with Crippen LogP contribution in [0.5, 0.6) is 0 Å². The number of allylic oxidation sites excluding steroid dienone is 23. The fourth-order valence-corrected chi connectivity index (χ4v) is 11.2. The maximum atomic E-state index is 13.1. The highest BCUT2D eigenvalue weighted by atomic mass is 31.2. The van der Waals surface area contributed by atoms with Gasteiger partial charge in [-0.1, -0.05) is 289 Å². The van der Waals surface area contributed by atoms with Crippen LogP contribution in [0.3, 0.4) is 0 Å². The summed E-state index contributed by atoms with van der Waals surface area (Å²) in [4.78, 5) is 72.7. The first-order valence-corrected chi connectivity index (χ1v) is 41.1. The van der Waals surface area contributed by atoms with Gasteiger partial charge in [-0.15, -0.1) is 0 Å². The SMILES string of the molecule is CC/C=C\C/C=C\C/C=C\C/C=C\C/C=C\C/C=C\CCC(=O)OCC(COP(=O)(O)OCC(O)COP(=O)(O)OCC(COC(=O)CCCCCCC/C=C\CCCCCC)OC(=O)CCCCCCCCCCCCCCC)OC(=O)C/C=C\C/C=C\C/C=C\C/C=C\C/C=C\CC. The molecule has 0 saturated heterocycles. The third kappa shape index (κ3) is 71.3. The number of rotatable bonds is 70. The van der Waals surface area contributed by atoms with Gasteiger partial charge in [-0.05, 0) is 116 Å². The number of phosphoric acid groups is 2. The van der Waals surface area contributed by atoms with E-state index in [1.807, 2.05) is 30.4 Å². The molecule has 0 amide bonds. The van der Waals surface area contributed by atoms with Gasteiger partial charge in [-0.25, -0.2) is 9.13 Å². The molecule has 3 N–H and O–H groups in total. The highest BCUT2D eigenvalue weighted by Crippen LogP contribution is 2.45. The van der Waals surface area contributed by atoms with Crippen molar-refractivity contribution in [2.45, 2.75) is 303 Å². The third-order valence-electron chi connectivity index (χ3n) is 15.3. The average molecular weight is 1440 g/mol. The molecule has 0 bridgehead atoms. The van der Waals surface area contributed by atoms with Crippen LogP contribution in [0.4, 0.5) is 0 Å². The average Bonchev–Trinajstić information content (AvgIpc) is 0.946. The molecule has 0 heterocycles. The molecule has 0 fully saturated rings. The molecule has 0 aromatic heterocycles. The summed E-state index contributed by atoms with van der Waals surface area (Å²) in [7, 11) is -10.0. The lowest BCUT2D eigenvalue weighted by Gasteiger charge is -2.21. The second-order valence-electron chi connectivity index (χ2n) is 24.8. The molecule has 0 rings (SSSR count). The van der Waals surface area contributed by atoms with Crippen molar-refractivity contribution in [2.75, 3.05) is 39.6 Å². The molecule has 570 valence electrons. The van der Waals surface area contributed by atoms with Crippen molar-refractivity contribution in [3.8, 4) is 0 Å². The number of carbonyl (C=O) groups excluding carboxylic acids is 4. The van der Waals surface area contributed by atoms with Crippen LogP contribution in [0.2, 0.25) is 0 Å². The van der Waals surface area contributed by atoms with Crippen LogP contribution in [0, 0.1) is 0 Å². The molecule has 5 atom stereocenters. The van der Waals surface area contributed by atoms with Gasteiger partial charge in [-0.2, -0.15) is 0 Å². The Morgan fingerprint density at radius 2 is 0.580 bits per heavy atom. The normalized spacial score (nSPS) is 14.8. The van der Waals surface area contributed by atoms with Gasteiger partial charge in [0.1, 0.15) is 19.3 Å². The van der Waals surface area contributed by atoms with Gasteiger partial charge in [0.15, 0.2) is 12.2 Å². The lowest BCUT2D eigenvalue weighted by molar-refractivity contribution is -0.161. The Bertz CT molecular complexity index is 2470. The Labute approximate surface area is 605 Å². The van der Waals surface area contributed by atoms with Crippen molar-refractivity contribution in [1.82, 2.24) is 0 Å². The number of carbonyl (C=O) groups is 4. The van der Waals surface area contributed by atoms with Crippen LogP contribution in [0.15, 0.2) is 146 Å². The Kier molecular flexibility index (Phi) is 68.6. The molecule has 17 nitrogen and oxygen atoms in total.